The second-order valence-electron chi connectivity index (χ2n) is 4.90. The van der Waals surface area contributed by atoms with Crippen molar-refractivity contribution in [3.05, 3.63) is 66.9 Å². The third-order valence-electron chi connectivity index (χ3n) is 3.22. The summed E-state index contributed by atoms with van der Waals surface area (Å²) < 4.78 is 7.26. The number of carbonyl (C=O) groups is 1. The van der Waals surface area contributed by atoms with E-state index in [0.29, 0.717) is 11.4 Å². The highest BCUT2D eigenvalue weighted by Crippen LogP contribution is 2.12. The van der Waals surface area contributed by atoms with Crippen molar-refractivity contribution < 1.29 is 9.53 Å². The first-order chi connectivity index (χ1) is 11.2. The number of nitrogens with zero attached hydrogens (tertiary/aromatic N) is 3. The average molecular weight is 308 g/mol. The largest absolute Gasteiger partial charge is 0.484 e. The van der Waals surface area contributed by atoms with Crippen molar-refractivity contribution in [2.75, 3.05) is 11.9 Å². The first-order valence-corrected chi connectivity index (χ1v) is 7.16. The molecule has 0 saturated heterocycles. The predicted octanol–water partition coefficient (Wildman–Crippen LogP) is 2.59. The van der Waals surface area contributed by atoms with Crippen molar-refractivity contribution in [3.63, 3.8) is 0 Å². The van der Waals surface area contributed by atoms with Gasteiger partial charge in [0, 0.05) is 12.4 Å². The van der Waals surface area contributed by atoms with Crippen LogP contribution in [0.3, 0.4) is 0 Å². The Labute approximate surface area is 133 Å². The van der Waals surface area contributed by atoms with Crippen molar-refractivity contribution in [3.8, 4) is 11.6 Å². The molecule has 3 rings (SSSR count). The SMILES string of the molecule is Cc1nccn1-c1ccc(NC(=O)COc2ccccc2)cn1. The van der Waals surface area contributed by atoms with Gasteiger partial charge in [-0.3, -0.25) is 9.36 Å². The summed E-state index contributed by atoms with van der Waals surface area (Å²) in [6.07, 6.45) is 5.16. The highest BCUT2D eigenvalue weighted by molar-refractivity contribution is 5.91. The summed E-state index contributed by atoms with van der Waals surface area (Å²) in [5.74, 6) is 2.03. The fourth-order valence-electron chi connectivity index (χ4n) is 2.09. The van der Waals surface area contributed by atoms with E-state index in [2.05, 4.69) is 15.3 Å². The van der Waals surface area contributed by atoms with Gasteiger partial charge in [0.15, 0.2) is 6.61 Å². The van der Waals surface area contributed by atoms with E-state index in [1.165, 1.54) is 0 Å². The number of amides is 1. The molecule has 116 valence electrons. The van der Waals surface area contributed by atoms with E-state index < -0.39 is 0 Å². The Morgan fingerprint density at radius 2 is 2.00 bits per heavy atom. The van der Waals surface area contributed by atoms with Gasteiger partial charge in [0.1, 0.15) is 17.4 Å². The van der Waals surface area contributed by atoms with Crippen molar-refractivity contribution in [2.24, 2.45) is 0 Å². The van der Waals surface area contributed by atoms with Crippen LogP contribution in [-0.4, -0.2) is 27.0 Å². The van der Waals surface area contributed by atoms with E-state index in [-0.39, 0.29) is 12.5 Å². The summed E-state index contributed by atoms with van der Waals surface area (Å²) in [4.78, 5) is 20.3. The molecule has 0 fully saturated rings. The summed E-state index contributed by atoms with van der Waals surface area (Å²) in [6, 6.07) is 12.8. The van der Waals surface area contributed by atoms with E-state index in [1.807, 2.05) is 42.0 Å². The van der Waals surface area contributed by atoms with Crippen LogP contribution < -0.4 is 10.1 Å². The highest BCUT2D eigenvalue weighted by atomic mass is 16.5. The van der Waals surface area contributed by atoms with Crippen LogP contribution in [0.15, 0.2) is 61.1 Å². The number of anilines is 1. The Bertz CT molecular complexity index is 782. The third-order valence-corrected chi connectivity index (χ3v) is 3.22. The molecule has 2 heterocycles. The van der Waals surface area contributed by atoms with Crippen molar-refractivity contribution in [1.82, 2.24) is 14.5 Å². The van der Waals surface area contributed by atoms with Crippen LogP contribution in [0.5, 0.6) is 5.75 Å². The number of ether oxygens (including phenoxy) is 1. The van der Waals surface area contributed by atoms with Gasteiger partial charge in [0.25, 0.3) is 5.91 Å². The Kier molecular flexibility index (Phi) is 4.33. The van der Waals surface area contributed by atoms with Crippen LogP contribution in [0.1, 0.15) is 5.82 Å². The van der Waals surface area contributed by atoms with Crippen LogP contribution in [0.25, 0.3) is 5.82 Å². The quantitative estimate of drug-likeness (QED) is 0.786. The van der Waals surface area contributed by atoms with Crippen molar-refractivity contribution >= 4 is 11.6 Å². The lowest BCUT2D eigenvalue weighted by atomic mass is 10.3. The number of imidazole rings is 1. The molecule has 0 aliphatic rings. The van der Waals surface area contributed by atoms with Gasteiger partial charge in [0.05, 0.1) is 11.9 Å². The summed E-state index contributed by atoms with van der Waals surface area (Å²) in [5, 5.41) is 2.75. The van der Waals surface area contributed by atoms with E-state index in [9.17, 15) is 4.79 Å². The first-order valence-electron chi connectivity index (χ1n) is 7.16. The van der Waals surface area contributed by atoms with Gasteiger partial charge in [-0.15, -0.1) is 0 Å². The fraction of sp³-hybridized carbons (Fsp3) is 0.118. The smallest absolute Gasteiger partial charge is 0.262 e. The number of aryl methyl sites for hydroxylation is 1. The maximum absolute atomic E-state index is 11.9. The molecule has 0 atom stereocenters. The van der Waals surface area contributed by atoms with Gasteiger partial charge < -0.3 is 10.1 Å². The van der Waals surface area contributed by atoms with Crippen LogP contribution in [0, 0.1) is 6.92 Å². The highest BCUT2D eigenvalue weighted by Gasteiger charge is 2.06. The minimum absolute atomic E-state index is 0.0492. The third kappa shape index (κ3) is 3.74. The first kappa shape index (κ1) is 14.8. The lowest BCUT2D eigenvalue weighted by Crippen LogP contribution is -2.20. The average Bonchev–Trinajstić information content (AvgIpc) is 3.01. The predicted molar refractivity (Wildman–Crippen MR) is 86.7 cm³/mol. The lowest BCUT2D eigenvalue weighted by molar-refractivity contribution is -0.118. The van der Waals surface area contributed by atoms with Gasteiger partial charge in [0.2, 0.25) is 0 Å². The molecule has 0 unspecified atom stereocenters. The van der Waals surface area contributed by atoms with E-state index >= 15 is 0 Å². The minimum atomic E-state index is -0.234. The van der Waals surface area contributed by atoms with Gasteiger partial charge in [-0.25, -0.2) is 9.97 Å². The molecule has 0 spiro atoms. The fourth-order valence-corrected chi connectivity index (χ4v) is 2.09. The molecule has 6 heteroatoms. The van der Waals surface area contributed by atoms with Crippen LogP contribution in [0.4, 0.5) is 5.69 Å². The molecule has 1 amide bonds. The van der Waals surface area contributed by atoms with Gasteiger partial charge >= 0.3 is 0 Å². The molecule has 0 aliphatic carbocycles. The number of hydrogen-bond acceptors (Lipinski definition) is 4. The summed E-state index contributed by atoms with van der Waals surface area (Å²) in [6.45, 7) is 1.85. The topological polar surface area (TPSA) is 69.0 Å². The van der Waals surface area contributed by atoms with Gasteiger partial charge in [-0.2, -0.15) is 0 Å². The number of carbonyl (C=O) groups excluding carboxylic acids is 1. The number of benzene rings is 1. The summed E-state index contributed by atoms with van der Waals surface area (Å²) >= 11 is 0. The van der Waals surface area contributed by atoms with E-state index in [4.69, 9.17) is 4.74 Å². The van der Waals surface area contributed by atoms with E-state index in [0.717, 1.165) is 11.6 Å². The summed E-state index contributed by atoms with van der Waals surface area (Å²) in [5.41, 5.74) is 0.619. The monoisotopic (exact) mass is 308 g/mol. The minimum Gasteiger partial charge on any atom is -0.484 e. The van der Waals surface area contributed by atoms with Crippen LogP contribution in [-0.2, 0) is 4.79 Å². The Morgan fingerprint density at radius 3 is 2.65 bits per heavy atom. The van der Waals surface area contributed by atoms with Gasteiger partial charge in [-0.1, -0.05) is 18.2 Å². The molecule has 1 N–H and O–H groups in total. The van der Waals surface area contributed by atoms with Crippen molar-refractivity contribution in [2.45, 2.75) is 6.92 Å². The molecule has 0 bridgehead atoms. The lowest BCUT2D eigenvalue weighted by Gasteiger charge is -2.08. The van der Waals surface area contributed by atoms with E-state index in [1.54, 1.807) is 30.6 Å². The number of para-hydroxylation sites is 1. The number of pyridine rings is 1. The molecule has 0 saturated carbocycles. The molecule has 2 aromatic heterocycles. The number of nitrogens with one attached hydrogen (secondary N) is 1. The molecule has 0 radical (unpaired) electrons. The second kappa shape index (κ2) is 6.74. The van der Waals surface area contributed by atoms with Crippen LogP contribution >= 0.6 is 0 Å². The molecule has 3 aromatic rings. The van der Waals surface area contributed by atoms with Crippen molar-refractivity contribution in [1.29, 1.82) is 0 Å². The second-order valence-corrected chi connectivity index (χ2v) is 4.90. The standard InChI is InChI=1S/C17H16N4O2/c1-13-18-9-10-21(13)16-8-7-14(11-19-16)20-17(22)12-23-15-5-3-2-4-6-15/h2-11H,12H2,1H3,(H,20,22). The molecule has 6 nitrogen and oxygen atoms in total. The zero-order valence-corrected chi connectivity index (χ0v) is 12.6. The Hall–Kier alpha value is -3.15. The Balaban J connectivity index is 1.58. The molecular formula is C17H16N4O2. The summed E-state index contributed by atoms with van der Waals surface area (Å²) in [7, 11) is 0. The normalized spacial score (nSPS) is 10.3. The maximum Gasteiger partial charge on any atom is 0.262 e. The Morgan fingerprint density at radius 1 is 1.17 bits per heavy atom. The maximum atomic E-state index is 11.9. The molecule has 23 heavy (non-hydrogen) atoms. The molecular weight excluding hydrogens is 292 g/mol. The number of hydrogen-bond donors (Lipinski definition) is 1. The zero-order valence-electron chi connectivity index (χ0n) is 12.6. The number of rotatable bonds is 5. The molecule has 1 aromatic carbocycles. The molecule has 0 aliphatic heterocycles. The number of aromatic nitrogens is 3. The van der Waals surface area contributed by atoms with Gasteiger partial charge in [-0.05, 0) is 31.2 Å². The van der Waals surface area contributed by atoms with Crippen LogP contribution in [0.2, 0.25) is 0 Å². The zero-order chi connectivity index (χ0) is 16.1.